The average Bonchev–Trinajstić information content (AvgIpc) is 2.19. The summed E-state index contributed by atoms with van der Waals surface area (Å²) in [6.45, 7) is 0.421. The van der Waals surface area contributed by atoms with E-state index in [1.54, 1.807) is 18.2 Å². The molecule has 0 bridgehead atoms. The van der Waals surface area contributed by atoms with E-state index < -0.39 is 0 Å². The van der Waals surface area contributed by atoms with Crippen LogP contribution in [0.25, 0.3) is 6.08 Å². The third-order valence-electron chi connectivity index (χ3n) is 1.74. The Morgan fingerprint density at radius 2 is 2.14 bits per heavy atom. The highest BCUT2D eigenvalue weighted by Gasteiger charge is 2.07. The Kier molecular flexibility index (Phi) is 3.36. The van der Waals surface area contributed by atoms with E-state index in [1.807, 2.05) is 0 Å². The summed E-state index contributed by atoms with van der Waals surface area (Å²) in [6.07, 6.45) is 3.48. The van der Waals surface area contributed by atoms with Gasteiger partial charge in [-0.2, -0.15) is 0 Å². The third kappa shape index (κ3) is 2.17. The van der Waals surface area contributed by atoms with Gasteiger partial charge in [-0.25, -0.2) is 0 Å². The largest absolute Gasteiger partial charge is 0.504 e. The highest BCUT2D eigenvalue weighted by atomic mass is 16.5. The second-order valence-electron chi connectivity index (χ2n) is 2.73. The van der Waals surface area contributed by atoms with Crippen molar-refractivity contribution in [2.24, 2.45) is 5.73 Å². The van der Waals surface area contributed by atoms with Crippen molar-refractivity contribution in [1.29, 1.82) is 0 Å². The fourth-order valence-electron chi connectivity index (χ4n) is 1.07. The highest BCUT2D eigenvalue weighted by molar-refractivity contribution is 5.61. The minimum atomic E-state index is -0.252. The van der Waals surface area contributed by atoms with Crippen LogP contribution in [0.3, 0.4) is 0 Å². The molecule has 4 nitrogen and oxygen atoms in total. The first-order valence-corrected chi connectivity index (χ1v) is 4.15. The second kappa shape index (κ2) is 4.53. The van der Waals surface area contributed by atoms with Crippen molar-refractivity contribution >= 4 is 6.08 Å². The molecule has 0 saturated carbocycles. The Morgan fingerprint density at radius 3 is 2.71 bits per heavy atom. The molecule has 0 spiro atoms. The number of nitrogens with two attached hydrogens (primary N) is 1. The van der Waals surface area contributed by atoms with E-state index >= 15 is 0 Å². The lowest BCUT2D eigenvalue weighted by Gasteiger charge is -2.06. The molecule has 76 valence electrons. The van der Waals surface area contributed by atoms with Gasteiger partial charge in [0.1, 0.15) is 0 Å². The maximum Gasteiger partial charge on any atom is 0.200 e. The number of methoxy groups -OCH3 is 1. The van der Waals surface area contributed by atoms with Crippen molar-refractivity contribution in [2.75, 3.05) is 13.7 Å². The van der Waals surface area contributed by atoms with Crippen LogP contribution in [0, 0.1) is 0 Å². The second-order valence-corrected chi connectivity index (χ2v) is 2.73. The lowest BCUT2D eigenvalue weighted by molar-refractivity contribution is 0.351. The van der Waals surface area contributed by atoms with Crippen LogP contribution in [0.2, 0.25) is 0 Å². The number of rotatable bonds is 3. The standard InChI is InChI=1S/C10H13NO3/c1-14-9-6-7(3-2-4-11)5-8(12)10(9)13/h2-3,5-6,12-13H,4,11H2,1H3/b3-2+. The van der Waals surface area contributed by atoms with Crippen LogP contribution in [0.1, 0.15) is 5.56 Å². The lowest BCUT2D eigenvalue weighted by atomic mass is 10.1. The summed E-state index contributed by atoms with van der Waals surface area (Å²) < 4.78 is 4.87. The minimum absolute atomic E-state index is 0.207. The van der Waals surface area contributed by atoms with Crippen LogP contribution < -0.4 is 10.5 Å². The molecule has 4 N–H and O–H groups in total. The van der Waals surface area contributed by atoms with E-state index in [2.05, 4.69) is 0 Å². The zero-order chi connectivity index (χ0) is 10.6. The number of hydrogen-bond donors (Lipinski definition) is 3. The summed E-state index contributed by atoms with van der Waals surface area (Å²) in [4.78, 5) is 0. The fourth-order valence-corrected chi connectivity index (χ4v) is 1.07. The molecule has 0 aliphatic rings. The summed E-state index contributed by atoms with van der Waals surface area (Å²) in [5.74, 6) is -0.222. The van der Waals surface area contributed by atoms with Crippen molar-refractivity contribution in [3.05, 3.63) is 23.8 Å². The summed E-state index contributed by atoms with van der Waals surface area (Å²) in [6, 6.07) is 3.05. The molecule has 0 aromatic heterocycles. The molecule has 1 aromatic rings. The van der Waals surface area contributed by atoms with Gasteiger partial charge in [0, 0.05) is 6.54 Å². The van der Waals surface area contributed by atoms with Gasteiger partial charge < -0.3 is 20.7 Å². The van der Waals surface area contributed by atoms with E-state index in [0.717, 1.165) is 5.56 Å². The molecule has 0 heterocycles. The van der Waals surface area contributed by atoms with E-state index in [4.69, 9.17) is 10.5 Å². The fraction of sp³-hybridized carbons (Fsp3) is 0.200. The molecule has 0 aliphatic carbocycles. The van der Waals surface area contributed by atoms with Crippen LogP contribution in [0.4, 0.5) is 0 Å². The normalized spacial score (nSPS) is 10.7. The molecule has 0 amide bonds. The van der Waals surface area contributed by atoms with Crippen molar-refractivity contribution in [2.45, 2.75) is 0 Å². The Morgan fingerprint density at radius 1 is 1.43 bits per heavy atom. The highest BCUT2D eigenvalue weighted by Crippen LogP contribution is 2.36. The Labute approximate surface area is 82.2 Å². The number of phenolic OH excluding ortho intramolecular Hbond substituents is 2. The van der Waals surface area contributed by atoms with Crippen LogP contribution in [0.15, 0.2) is 18.2 Å². The Hall–Kier alpha value is -1.68. The predicted octanol–water partition coefficient (Wildman–Crippen LogP) is 1.08. The van der Waals surface area contributed by atoms with Crippen molar-refractivity contribution in [3.8, 4) is 17.2 Å². The SMILES string of the molecule is COc1cc(/C=C/CN)cc(O)c1O. The lowest BCUT2D eigenvalue weighted by Crippen LogP contribution is -1.92. The van der Waals surface area contributed by atoms with Gasteiger partial charge in [0.05, 0.1) is 7.11 Å². The van der Waals surface area contributed by atoms with Gasteiger partial charge in [0.25, 0.3) is 0 Å². The molecule has 14 heavy (non-hydrogen) atoms. The van der Waals surface area contributed by atoms with Gasteiger partial charge in [-0.05, 0) is 17.7 Å². The summed E-state index contributed by atoms with van der Waals surface area (Å²) in [5, 5.41) is 18.6. The van der Waals surface area contributed by atoms with E-state index in [1.165, 1.54) is 13.2 Å². The first-order valence-electron chi connectivity index (χ1n) is 4.15. The quantitative estimate of drug-likeness (QED) is 0.631. The Bertz CT molecular complexity index is 347. The maximum absolute atomic E-state index is 9.32. The van der Waals surface area contributed by atoms with Crippen LogP contribution in [0.5, 0.6) is 17.2 Å². The number of phenols is 2. The number of ether oxygens (including phenoxy) is 1. The predicted molar refractivity (Wildman–Crippen MR) is 54.4 cm³/mol. The summed E-state index contributed by atoms with van der Waals surface area (Å²) >= 11 is 0. The molecule has 0 atom stereocenters. The molecule has 1 aromatic carbocycles. The molecule has 0 fully saturated rings. The summed E-state index contributed by atoms with van der Waals surface area (Å²) in [5.41, 5.74) is 6.01. The van der Waals surface area contributed by atoms with Gasteiger partial charge >= 0.3 is 0 Å². The third-order valence-corrected chi connectivity index (χ3v) is 1.74. The zero-order valence-corrected chi connectivity index (χ0v) is 7.90. The molecule has 0 unspecified atom stereocenters. The van der Waals surface area contributed by atoms with Gasteiger partial charge in [0.2, 0.25) is 5.75 Å². The molecule has 1 rings (SSSR count). The van der Waals surface area contributed by atoms with Crippen molar-refractivity contribution in [3.63, 3.8) is 0 Å². The zero-order valence-electron chi connectivity index (χ0n) is 7.90. The van der Waals surface area contributed by atoms with Gasteiger partial charge in [-0.15, -0.1) is 0 Å². The first kappa shape index (κ1) is 10.4. The molecule has 0 aliphatic heterocycles. The van der Waals surface area contributed by atoms with E-state index in [0.29, 0.717) is 6.54 Å². The van der Waals surface area contributed by atoms with E-state index in [-0.39, 0.29) is 17.2 Å². The number of aromatic hydroxyl groups is 2. The van der Waals surface area contributed by atoms with Crippen LogP contribution in [-0.2, 0) is 0 Å². The van der Waals surface area contributed by atoms with Crippen LogP contribution >= 0.6 is 0 Å². The maximum atomic E-state index is 9.32. The first-order chi connectivity index (χ1) is 6.69. The van der Waals surface area contributed by atoms with Gasteiger partial charge in [0.15, 0.2) is 11.5 Å². The minimum Gasteiger partial charge on any atom is -0.504 e. The Balaban J connectivity index is 3.09. The number of hydrogen-bond acceptors (Lipinski definition) is 4. The molecular formula is C10H13NO3. The van der Waals surface area contributed by atoms with Gasteiger partial charge in [-0.1, -0.05) is 12.2 Å². The summed E-state index contributed by atoms with van der Waals surface area (Å²) in [7, 11) is 1.42. The van der Waals surface area contributed by atoms with Crippen LogP contribution in [-0.4, -0.2) is 23.9 Å². The molecule has 0 saturated heterocycles. The average molecular weight is 195 g/mol. The number of benzene rings is 1. The smallest absolute Gasteiger partial charge is 0.200 e. The monoisotopic (exact) mass is 195 g/mol. The van der Waals surface area contributed by atoms with Crippen molar-refractivity contribution < 1.29 is 14.9 Å². The topological polar surface area (TPSA) is 75.7 Å². The molecular weight excluding hydrogens is 182 g/mol. The van der Waals surface area contributed by atoms with Crippen molar-refractivity contribution in [1.82, 2.24) is 0 Å². The van der Waals surface area contributed by atoms with Gasteiger partial charge in [-0.3, -0.25) is 0 Å². The molecule has 0 radical (unpaired) electrons. The molecule has 4 heteroatoms. The van der Waals surface area contributed by atoms with E-state index in [9.17, 15) is 10.2 Å².